The van der Waals surface area contributed by atoms with Crippen molar-refractivity contribution in [3.05, 3.63) is 24.3 Å². The van der Waals surface area contributed by atoms with Gasteiger partial charge in [-0.3, -0.25) is 0 Å². The van der Waals surface area contributed by atoms with E-state index in [0.29, 0.717) is 0 Å². The SMILES string of the molecule is CCC=CCC=CCN(C)CCO. The molecule has 0 amide bonds. The van der Waals surface area contributed by atoms with Crippen molar-refractivity contribution in [2.24, 2.45) is 0 Å². The molecule has 0 aliphatic carbocycles. The minimum atomic E-state index is 0.236. The Labute approximate surface area is 81.6 Å². The molecule has 2 nitrogen and oxygen atoms in total. The zero-order valence-electron chi connectivity index (χ0n) is 8.74. The second kappa shape index (κ2) is 9.49. The predicted molar refractivity (Wildman–Crippen MR) is 57.8 cm³/mol. The number of likely N-dealkylation sites (N-methyl/N-ethyl adjacent to an activating group) is 1. The van der Waals surface area contributed by atoms with Crippen LogP contribution in [0.4, 0.5) is 0 Å². The maximum atomic E-state index is 8.63. The second-order valence-electron chi connectivity index (χ2n) is 3.07. The Morgan fingerprint density at radius 1 is 1.15 bits per heavy atom. The molecule has 0 aliphatic rings. The van der Waals surface area contributed by atoms with E-state index in [1.165, 1.54) is 0 Å². The summed E-state index contributed by atoms with van der Waals surface area (Å²) in [5.41, 5.74) is 0. The van der Waals surface area contributed by atoms with Gasteiger partial charge in [0.15, 0.2) is 0 Å². The van der Waals surface area contributed by atoms with Crippen LogP contribution < -0.4 is 0 Å². The molecule has 0 fully saturated rings. The van der Waals surface area contributed by atoms with Crippen molar-refractivity contribution in [1.82, 2.24) is 4.90 Å². The van der Waals surface area contributed by atoms with Gasteiger partial charge < -0.3 is 10.0 Å². The van der Waals surface area contributed by atoms with Gasteiger partial charge in [0.2, 0.25) is 0 Å². The molecule has 13 heavy (non-hydrogen) atoms. The molecule has 0 spiro atoms. The van der Waals surface area contributed by atoms with Crippen LogP contribution in [0.25, 0.3) is 0 Å². The van der Waals surface area contributed by atoms with E-state index in [1.807, 2.05) is 7.05 Å². The highest BCUT2D eigenvalue weighted by Crippen LogP contribution is 1.89. The minimum Gasteiger partial charge on any atom is -0.395 e. The van der Waals surface area contributed by atoms with Gasteiger partial charge in [-0.1, -0.05) is 31.2 Å². The number of allylic oxidation sites excluding steroid dienone is 3. The molecule has 0 bridgehead atoms. The monoisotopic (exact) mass is 183 g/mol. The van der Waals surface area contributed by atoms with Gasteiger partial charge >= 0.3 is 0 Å². The van der Waals surface area contributed by atoms with E-state index in [-0.39, 0.29) is 6.61 Å². The predicted octanol–water partition coefficient (Wildman–Crippen LogP) is 1.82. The number of hydrogen-bond donors (Lipinski definition) is 1. The average molecular weight is 183 g/mol. The summed E-state index contributed by atoms with van der Waals surface area (Å²) in [4.78, 5) is 2.08. The average Bonchev–Trinajstić information content (AvgIpc) is 2.11. The first-order valence-electron chi connectivity index (χ1n) is 4.90. The van der Waals surface area contributed by atoms with Crippen molar-refractivity contribution in [2.45, 2.75) is 19.8 Å². The lowest BCUT2D eigenvalue weighted by Gasteiger charge is -2.10. The third-order valence-corrected chi connectivity index (χ3v) is 1.74. The van der Waals surface area contributed by atoms with Gasteiger partial charge in [-0.15, -0.1) is 0 Å². The summed E-state index contributed by atoms with van der Waals surface area (Å²) in [5.74, 6) is 0. The Kier molecular flexibility index (Phi) is 9.05. The van der Waals surface area contributed by atoms with Gasteiger partial charge in [0.1, 0.15) is 0 Å². The third kappa shape index (κ3) is 9.31. The highest BCUT2D eigenvalue weighted by Gasteiger charge is 1.90. The molecule has 1 N–H and O–H groups in total. The lowest BCUT2D eigenvalue weighted by atomic mass is 10.3. The normalized spacial score (nSPS) is 12.3. The smallest absolute Gasteiger partial charge is 0.0558 e. The highest BCUT2D eigenvalue weighted by molar-refractivity contribution is 4.93. The van der Waals surface area contributed by atoms with Crippen LogP contribution in [-0.2, 0) is 0 Å². The molecule has 0 saturated carbocycles. The van der Waals surface area contributed by atoms with Gasteiger partial charge in [0.05, 0.1) is 6.61 Å². The third-order valence-electron chi connectivity index (χ3n) is 1.74. The van der Waals surface area contributed by atoms with Crippen molar-refractivity contribution in [1.29, 1.82) is 0 Å². The molecule has 0 heterocycles. The van der Waals surface area contributed by atoms with Crippen LogP contribution in [-0.4, -0.2) is 36.8 Å². The molecule has 0 radical (unpaired) electrons. The fourth-order valence-electron chi connectivity index (χ4n) is 0.954. The van der Waals surface area contributed by atoms with Gasteiger partial charge in [0.25, 0.3) is 0 Å². The topological polar surface area (TPSA) is 23.5 Å². The van der Waals surface area contributed by atoms with Crippen LogP contribution in [0, 0.1) is 0 Å². The van der Waals surface area contributed by atoms with Crippen molar-refractivity contribution >= 4 is 0 Å². The van der Waals surface area contributed by atoms with Gasteiger partial charge in [-0.2, -0.15) is 0 Å². The molecule has 0 aliphatic heterocycles. The Morgan fingerprint density at radius 3 is 2.46 bits per heavy atom. The molecular weight excluding hydrogens is 162 g/mol. The first-order chi connectivity index (χ1) is 6.31. The number of aliphatic hydroxyl groups is 1. The molecule has 0 aromatic carbocycles. The second-order valence-corrected chi connectivity index (χ2v) is 3.07. The van der Waals surface area contributed by atoms with E-state index in [9.17, 15) is 0 Å². The van der Waals surface area contributed by atoms with Gasteiger partial charge in [0, 0.05) is 13.1 Å². The minimum absolute atomic E-state index is 0.236. The Hall–Kier alpha value is -0.600. The van der Waals surface area contributed by atoms with Gasteiger partial charge in [-0.25, -0.2) is 0 Å². The Bertz CT molecular complexity index is 152. The van der Waals surface area contributed by atoms with E-state index in [4.69, 9.17) is 5.11 Å². The first-order valence-corrected chi connectivity index (χ1v) is 4.90. The van der Waals surface area contributed by atoms with Crippen LogP contribution in [0.5, 0.6) is 0 Å². The number of rotatable bonds is 7. The summed E-state index contributed by atoms with van der Waals surface area (Å²) in [6.45, 7) is 4.03. The maximum absolute atomic E-state index is 8.63. The largest absolute Gasteiger partial charge is 0.395 e. The summed E-state index contributed by atoms with van der Waals surface area (Å²) in [7, 11) is 2.00. The number of nitrogens with zero attached hydrogens (tertiary/aromatic N) is 1. The molecule has 0 atom stereocenters. The molecule has 0 rings (SSSR count). The summed E-state index contributed by atoms with van der Waals surface area (Å²) >= 11 is 0. The van der Waals surface area contributed by atoms with Crippen molar-refractivity contribution in [3.8, 4) is 0 Å². The fraction of sp³-hybridized carbons (Fsp3) is 0.636. The number of aliphatic hydroxyl groups excluding tert-OH is 1. The quantitative estimate of drug-likeness (QED) is 0.609. The molecule has 0 aromatic rings. The van der Waals surface area contributed by atoms with Gasteiger partial charge in [-0.05, 0) is 19.9 Å². The summed E-state index contributed by atoms with van der Waals surface area (Å²) in [5, 5.41) is 8.63. The molecule has 76 valence electrons. The van der Waals surface area contributed by atoms with Crippen molar-refractivity contribution in [3.63, 3.8) is 0 Å². The number of hydrogen-bond acceptors (Lipinski definition) is 2. The van der Waals surface area contributed by atoms with Crippen molar-refractivity contribution in [2.75, 3.05) is 26.7 Å². The van der Waals surface area contributed by atoms with Crippen LogP contribution in [0.3, 0.4) is 0 Å². The first kappa shape index (κ1) is 12.4. The molecule has 2 heteroatoms. The summed E-state index contributed by atoms with van der Waals surface area (Å²) in [6, 6.07) is 0. The Morgan fingerprint density at radius 2 is 1.85 bits per heavy atom. The highest BCUT2D eigenvalue weighted by atomic mass is 16.3. The fourth-order valence-corrected chi connectivity index (χ4v) is 0.954. The van der Waals surface area contributed by atoms with Crippen LogP contribution in [0.15, 0.2) is 24.3 Å². The van der Waals surface area contributed by atoms with Crippen LogP contribution >= 0.6 is 0 Å². The lowest BCUT2D eigenvalue weighted by molar-refractivity contribution is 0.232. The molecular formula is C11H21NO. The zero-order chi connectivity index (χ0) is 9.94. The molecule has 0 aromatic heterocycles. The van der Waals surface area contributed by atoms with Crippen LogP contribution in [0.2, 0.25) is 0 Å². The van der Waals surface area contributed by atoms with E-state index < -0.39 is 0 Å². The van der Waals surface area contributed by atoms with E-state index in [1.54, 1.807) is 0 Å². The summed E-state index contributed by atoms with van der Waals surface area (Å²) < 4.78 is 0. The molecule has 0 saturated heterocycles. The van der Waals surface area contributed by atoms with E-state index >= 15 is 0 Å². The zero-order valence-corrected chi connectivity index (χ0v) is 8.74. The Balaban J connectivity index is 3.34. The summed E-state index contributed by atoms with van der Waals surface area (Å²) in [6.07, 6.45) is 10.7. The molecule has 0 unspecified atom stereocenters. The lowest BCUT2D eigenvalue weighted by Crippen LogP contribution is -2.21. The van der Waals surface area contributed by atoms with Crippen molar-refractivity contribution < 1.29 is 5.11 Å². The van der Waals surface area contributed by atoms with E-state index in [0.717, 1.165) is 25.9 Å². The maximum Gasteiger partial charge on any atom is 0.0558 e. The standard InChI is InChI=1S/C11H21NO/c1-3-4-5-6-7-8-9-12(2)10-11-13/h4-5,7-8,13H,3,6,9-11H2,1-2H3. The van der Waals surface area contributed by atoms with E-state index in [2.05, 4.69) is 36.1 Å². The van der Waals surface area contributed by atoms with Crippen LogP contribution in [0.1, 0.15) is 19.8 Å².